The maximum Gasteiger partial charge on any atom is 0.175 e. The summed E-state index contributed by atoms with van der Waals surface area (Å²) < 4.78 is 23.1. The largest absolute Gasteiger partial charge is 0.397 e. The van der Waals surface area contributed by atoms with Gasteiger partial charge >= 0.3 is 0 Å². The van der Waals surface area contributed by atoms with E-state index in [4.69, 9.17) is 5.73 Å². The molecular weight excluding hydrogens is 304 g/mol. The Balaban J connectivity index is 2.30. The average Bonchev–Trinajstić information content (AvgIpc) is 2.89. The molecule has 0 amide bonds. The Morgan fingerprint density at radius 1 is 1.24 bits per heavy atom. The zero-order chi connectivity index (χ0) is 15.6. The molecular formula is C15H20N2O2S2. The van der Waals surface area contributed by atoms with Crippen LogP contribution in [0.5, 0.6) is 0 Å². The van der Waals surface area contributed by atoms with Gasteiger partial charge in [-0.1, -0.05) is 19.9 Å². The molecule has 6 heteroatoms. The third-order valence-electron chi connectivity index (χ3n) is 3.28. The van der Waals surface area contributed by atoms with E-state index in [0.717, 1.165) is 5.69 Å². The number of hydrogen-bond acceptors (Lipinski definition) is 5. The summed E-state index contributed by atoms with van der Waals surface area (Å²) in [6.45, 7) is 4.27. The van der Waals surface area contributed by atoms with E-state index in [0.29, 0.717) is 11.6 Å². The lowest BCUT2D eigenvalue weighted by Gasteiger charge is -2.23. The first-order chi connectivity index (χ1) is 9.79. The Hall–Kier alpha value is -1.53. The second-order valence-corrected chi connectivity index (χ2v) is 8.40. The SMILES string of the molecule is CC(C)C(Nc1ccc(S(C)(=O)=O)cc1N)c1cccs1. The molecule has 0 saturated heterocycles. The summed E-state index contributed by atoms with van der Waals surface area (Å²) in [4.78, 5) is 1.47. The minimum absolute atomic E-state index is 0.149. The molecule has 4 nitrogen and oxygen atoms in total. The highest BCUT2D eigenvalue weighted by Gasteiger charge is 2.18. The summed E-state index contributed by atoms with van der Waals surface area (Å²) in [5.74, 6) is 0.387. The topological polar surface area (TPSA) is 72.2 Å². The van der Waals surface area contributed by atoms with Gasteiger partial charge in [-0.2, -0.15) is 0 Å². The van der Waals surface area contributed by atoms with Gasteiger partial charge in [0.1, 0.15) is 0 Å². The fraction of sp³-hybridized carbons (Fsp3) is 0.333. The van der Waals surface area contributed by atoms with Gasteiger partial charge in [0.05, 0.1) is 22.3 Å². The number of thiophene rings is 1. The molecule has 1 aromatic carbocycles. The molecule has 2 rings (SSSR count). The monoisotopic (exact) mass is 324 g/mol. The highest BCUT2D eigenvalue weighted by molar-refractivity contribution is 7.90. The molecule has 1 unspecified atom stereocenters. The summed E-state index contributed by atoms with van der Waals surface area (Å²) >= 11 is 1.69. The highest BCUT2D eigenvalue weighted by Crippen LogP contribution is 2.32. The molecule has 2 aromatic rings. The van der Waals surface area contributed by atoms with E-state index < -0.39 is 9.84 Å². The first kappa shape index (κ1) is 15.9. The quantitative estimate of drug-likeness (QED) is 0.825. The Morgan fingerprint density at radius 2 is 1.95 bits per heavy atom. The Morgan fingerprint density at radius 3 is 2.43 bits per heavy atom. The predicted molar refractivity (Wildman–Crippen MR) is 89.5 cm³/mol. The average molecular weight is 324 g/mol. The molecule has 0 aliphatic rings. The van der Waals surface area contributed by atoms with Crippen LogP contribution in [0.15, 0.2) is 40.6 Å². The Labute approximate surface area is 129 Å². The van der Waals surface area contributed by atoms with Gasteiger partial charge < -0.3 is 11.1 Å². The normalized spacial score (nSPS) is 13.3. The van der Waals surface area contributed by atoms with E-state index in [1.807, 2.05) is 11.4 Å². The van der Waals surface area contributed by atoms with E-state index >= 15 is 0 Å². The van der Waals surface area contributed by atoms with E-state index in [1.54, 1.807) is 23.5 Å². The van der Waals surface area contributed by atoms with Crippen LogP contribution in [0.3, 0.4) is 0 Å². The zero-order valence-corrected chi connectivity index (χ0v) is 14.0. The molecule has 0 spiro atoms. The van der Waals surface area contributed by atoms with Crippen LogP contribution in [0.4, 0.5) is 11.4 Å². The lowest BCUT2D eigenvalue weighted by Crippen LogP contribution is -2.16. The van der Waals surface area contributed by atoms with Crippen molar-refractivity contribution in [3.63, 3.8) is 0 Å². The number of nitrogens with one attached hydrogen (secondary N) is 1. The summed E-state index contributed by atoms with van der Waals surface area (Å²) in [6.07, 6.45) is 1.18. The van der Waals surface area contributed by atoms with Crippen LogP contribution in [0, 0.1) is 5.92 Å². The third kappa shape index (κ3) is 3.77. The number of anilines is 2. The van der Waals surface area contributed by atoms with Crippen molar-refractivity contribution in [1.82, 2.24) is 0 Å². The molecule has 1 aromatic heterocycles. The van der Waals surface area contributed by atoms with E-state index in [1.165, 1.54) is 17.2 Å². The predicted octanol–water partition coefficient (Wildman–Crippen LogP) is 3.54. The van der Waals surface area contributed by atoms with Gasteiger partial charge in [0, 0.05) is 11.1 Å². The van der Waals surface area contributed by atoms with Gasteiger partial charge in [-0.15, -0.1) is 11.3 Å². The molecule has 21 heavy (non-hydrogen) atoms. The molecule has 1 heterocycles. The summed E-state index contributed by atoms with van der Waals surface area (Å²) in [5.41, 5.74) is 7.20. The number of rotatable bonds is 5. The van der Waals surface area contributed by atoms with Gasteiger partial charge in [0.15, 0.2) is 9.84 Å². The van der Waals surface area contributed by atoms with E-state index in [2.05, 4.69) is 25.2 Å². The van der Waals surface area contributed by atoms with Crippen LogP contribution in [0.2, 0.25) is 0 Å². The fourth-order valence-electron chi connectivity index (χ4n) is 2.10. The van der Waals surface area contributed by atoms with Crippen molar-refractivity contribution >= 4 is 32.5 Å². The Bertz CT molecular complexity index is 707. The smallest absolute Gasteiger partial charge is 0.175 e. The molecule has 1 atom stereocenters. The van der Waals surface area contributed by atoms with Crippen LogP contribution in [-0.4, -0.2) is 14.7 Å². The van der Waals surface area contributed by atoms with Crippen molar-refractivity contribution in [2.24, 2.45) is 5.92 Å². The summed E-state index contributed by atoms with van der Waals surface area (Å²) in [6, 6.07) is 9.07. The van der Waals surface area contributed by atoms with Gasteiger partial charge in [-0.25, -0.2) is 8.42 Å². The second-order valence-electron chi connectivity index (χ2n) is 5.40. The van der Waals surface area contributed by atoms with Crippen LogP contribution < -0.4 is 11.1 Å². The van der Waals surface area contributed by atoms with Crippen molar-refractivity contribution in [3.8, 4) is 0 Å². The van der Waals surface area contributed by atoms with Crippen LogP contribution >= 0.6 is 11.3 Å². The number of benzene rings is 1. The van der Waals surface area contributed by atoms with Crippen LogP contribution in [0.1, 0.15) is 24.8 Å². The van der Waals surface area contributed by atoms with Crippen molar-refractivity contribution in [1.29, 1.82) is 0 Å². The molecule has 0 radical (unpaired) electrons. The second kappa shape index (κ2) is 6.07. The molecule has 0 saturated carbocycles. The zero-order valence-electron chi connectivity index (χ0n) is 12.3. The molecule has 0 aliphatic carbocycles. The standard InChI is InChI=1S/C15H20N2O2S2/c1-10(2)15(14-5-4-8-20-14)17-13-7-6-11(9-12(13)16)21(3,18)19/h4-10,15,17H,16H2,1-3H3. The van der Waals surface area contributed by atoms with Gasteiger partial charge in [-0.3, -0.25) is 0 Å². The maximum absolute atomic E-state index is 11.5. The van der Waals surface area contributed by atoms with Gasteiger partial charge in [0.2, 0.25) is 0 Å². The Kier molecular flexibility index (Phi) is 4.58. The molecule has 0 fully saturated rings. The third-order valence-corrected chi connectivity index (χ3v) is 5.34. The number of nitrogens with two attached hydrogens (primary N) is 1. The first-order valence-corrected chi connectivity index (χ1v) is 9.45. The molecule has 0 aliphatic heterocycles. The van der Waals surface area contributed by atoms with E-state index in [-0.39, 0.29) is 10.9 Å². The lowest BCUT2D eigenvalue weighted by atomic mass is 10.0. The minimum Gasteiger partial charge on any atom is -0.397 e. The van der Waals surface area contributed by atoms with Crippen molar-refractivity contribution in [3.05, 3.63) is 40.6 Å². The van der Waals surface area contributed by atoms with Gasteiger partial charge in [0.25, 0.3) is 0 Å². The minimum atomic E-state index is -3.24. The highest BCUT2D eigenvalue weighted by atomic mass is 32.2. The number of hydrogen-bond donors (Lipinski definition) is 2. The molecule has 3 N–H and O–H groups in total. The summed E-state index contributed by atoms with van der Waals surface area (Å²) in [7, 11) is -3.24. The van der Waals surface area contributed by atoms with Gasteiger partial charge in [-0.05, 0) is 35.6 Å². The fourth-order valence-corrected chi connectivity index (χ4v) is 3.71. The number of sulfone groups is 1. The van der Waals surface area contributed by atoms with E-state index in [9.17, 15) is 8.42 Å². The molecule has 0 bridgehead atoms. The molecule has 114 valence electrons. The van der Waals surface area contributed by atoms with Crippen LogP contribution in [-0.2, 0) is 9.84 Å². The lowest BCUT2D eigenvalue weighted by molar-refractivity contribution is 0.554. The first-order valence-electron chi connectivity index (χ1n) is 6.68. The number of nitrogen functional groups attached to an aromatic ring is 1. The maximum atomic E-state index is 11.5. The van der Waals surface area contributed by atoms with Crippen LogP contribution in [0.25, 0.3) is 0 Å². The van der Waals surface area contributed by atoms with Crippen molar-refractivity contribution in [2.75, 3.05) is 17.3 Å². The van der Waals surface area contributed by atoms with Crippen molar-refractivity contribution in [2.45, 2.75) is 24.8 Å². The van der Waals surface area contributed by atoms with Crippen molar-refractivity contribution < 1.29 is 8.42 Å². The summed E-state index contributed by atoms with van der Waals surface area (Å²) in [5, 5.41) is 5.46.